The first-order valence-corrected chi connectivity index (χ1v) is 21.1. The van der Waals surface area contributed by atoms with Crippen molar-refractivity contribution in [1.29, 1.82) is 0 Å². The second-order valence-electron chi connectivity index (χ2n) is 14.7. The summed E-state index contributed by atoms with van der Waals surface area (Å²) in [7, 11) is -1.90. The van der Waals surface area contributed by atoms with Crippen LogP contribution < -0.4 is 10.2 Å². The van der Waals surface area contributed by atoms with E-state index in [1.165, 1.54) is 29.0 Å². The van der Waals surface area contributed by atoms with Crippen molar-refractivity contribution in [3.63, 3.8) is 0 Å². The number of amides is 3. The average Bonchev–Trinajstić information content (AvgIpc) is 3.56. The lowest BCUT2D eigenvalue weighted by atomic mass is 9.82. The molecule has 17 heteroatoms. The Balaban J connectivity index is 1.49. The van der Waals surface area contributed by atoms with E-state index in [2.05, 4.69) is 5.32 Å². The van der Waals surface area contributed by atoms with Crippen LogP contribution in [0.25, 0.3) is 0 Å². The van der Waals surface area contributed by atoms with Gasteiger partial charge in [0, 0.05) is 48.8 Å². The SMILES string of the molecule is COC(=O)CCCCN1C(=O)[C@]2(O[C@H](CC(=O)N(CCO)Cc3ccccc3)[C@@H]([Si](C)(C)O)[C@@H]2C)c2cc(NC(=O)[C@H]3O[C@@H](O)[C@H](O)[C@@H](O)[C@@H]3O)ccc21. The van der Waals surface area contributed by atoms with Gasteiger partial charge < -0.3 is 59.7 Å². The summed E-state index contributed by atoms with van der Waals surface area (Å²) >= 11 is 0. The summed E-state index contributed by atoms with van der Waals surface area (Å²) in [5.74, 6) is -2.78. The van der Waals surface area contributed by atoms with Gasteiger partial charge in [-0.2, -0.15) is 0 Å². The van der Waals surface area contributed by atoms with Gasteiger partial charge >= 0.3 is 5.97 Å². The number of rotatable bonds is 14. The fourth-order valence-electron chi connectivity index (χ4n) is 8.03. The summed E-state index contributed by atoms with van der Waals surface area (Å²) in [5.41, 5.74) is -0.508. The first kappa shape index (κ1) is 41.4. The predicted molar refractivity (Wildman–Crippen MR) is 195 cm³/mol. The topological polar surface area (TPSA) is 236 Å². The Morgan fingerprint density at radius 2 is 1.72 bits per heavy atom. The van der Waals surface area contributed by atoms with Crippen molar-refractivity contribution in [1.82, 2.24) is 4.90 Å². The molecule has 296 valence electrons. The van der Waals surface area contributed by atoms with Crippen LogP contribution in [-0.2, 0) is 45.5 Å². The van der Waals surface area contributed by atoms with Gasteiger partial charge in [0.15, 0.2) is 26.3 Å². The molecule has 5 rings (SSSR count). The first-order valence-electron chi connectivity index (χ1n) is 18.1. The molecule has 0 aliphatic carbocycles. The molecule has 2 saturated heterocycles. The van der Waals surface area contributed by atoms with E-state index in [9.17, 15) is 49.5 Å². The normalized spacial score (nSPS) is 29.3. The molecule has 1 spiro atoms. The van der Waals surface area contributed by atoms with Gasteiger partial charge in [0.1, 0.15) is 18.3 Å². The summed E-state index contributed by atoms with van der Waals surface area (Å²) in [6.45, 7) is 5.45. The third-order valence-corrected chi connectivity index (χ3v) is 13.2. The number of ether oxygens (including phenoxy) is 3. The van der Waals surface area contributed by atoms with E-state index in [0.29, 0.717) is 24.1 Å². The fourth-order valence-corrected chi connectivity index (χ4v) is 10.6. The Morgan fingerprint density at radius 3 is 2.37 bits per heavy atom. The highest BCUT2D eigenvalue weighted by molar-refractivity contribution is 6.71. The lowest BCUT2D eigenvalue weighted by Gasteiger charge is -2.37. The van der Waals surface area contributed by atoms with Crippen molar-refractivity contribution in [3.8, 4) is 0 Å². The molecule has 0 aromatic heterocycles. The number of hydrogen-bond acceptors (Lipinski definition) is 13. The zero-order chi connectivity index (χ0) is 39.5. The van der Waals surface area contributed by atoms with Gasteiger partial charge in [-0.1, -0.05) is 37.3 Å². The number of anilines is 2. The molecule has 2 aromatic carbocycles. The molecular formula is C37H51N3O13Si. The summed E-state index contributed by atoms with van der Waals surface area (Å²) in [6, 6.07) is 13.9. The molecule has 3 aliphatic rings. The maximum absolute atomic E-state index is 14.8. The molecule has 0 bridgehead atoms. The van der Waals surface area contributed by atoms with E-state index >= 15 is 0 Å². The highest BCUT2D eigenvalue weighted by atomic mass is 28.4. The molecule has 2 aromatic rings. The zero-order valence-corrected chi connectivity index (χ0v) is 31.8. The van der Waals surface area contributed by atoms with Crippen LogP contribution in [0.3, 0.4) is 0 Å². The number of aliphatic hydroxyl groups is 5. The van der Waals surface area contributed by atoms with Gasteiger partial charge in [-0.3, -0.25) is 19.2 Å². The molecule has 2 fully saturated rings. The number of carbonyl (C=O) groups excluding carboxylic acids is 4. The van der Waals surface area contributed by atoms with Gasteiger partial charge in [-0.05, 0) is 49.7 Å². The van der Waals surface area contributed by atoms with E-state index in [1.807, 2.05) is 30.3 Å². The third kappa shape index (κ3) is 8.24. The molecule has 7 N–H and O–H groups in total. The van der Waals surface area contributed by atoms with Crippen molar-refractivity contribution in [2.45, 2.75) is 100 Å². The Hall–Kier alpha value is -3.78. The van der Waals surface area contributed by atoms with Crippen molar-refractivity contribution in [2.75, 3.05) is 37.0 Å². The average molecular weight is 774 g/mol. The van der Waals surface area contributed by atoms with Crippen LogP contribution >= 0.6 is 0 Å². The standard InChI is InChI=1S/C37H51N3O13Si/c1-21-33(54(3,4)50)26(19-27(42)39(16-17-41)20-22-10-6-5-7-11-22)53-37(21)24-18-23(38-34(47)32-30(45)29(44)31(46)35(48)52-32)13-14-25(24)40(36(37)49)15-9-8-12-28(43)51-2/h5-7,10-11,13-14,18,21,26,29-33,35,41,44-46,48,50H,8-9,12,15-17,19-20H2,1-4H3,(H,38,47)/t21-,26+,29-,30-,31+,32-,33-,35+,37+/m0/s1. The van der Waals surface area contributed by atoms with Crippen LogP contribution in [-0.4, -0.2) is 131 Å². The van der Waals surface area contributed by atoms with Gasteiger partial charge in [0.2, 0.25) is 5.91 Å². The minimum atomic E-state index is -3.20. The number of nitrogens with one attached hydrogen (secondary N) is 1. The number of carbonyl (C=O) groups is 4. The number of unbranched alkanes of at least 4 members (excludes halogenated alkanes) is 1. The second-order valence-corrected chi connectivity index (χ2v) is 18.7. The van der Waals surface area contributed by atoms with E-state index in [4.69, 9.17) is 14.2 Å². The lowest BCUT2D eigenvalue weighted by Crippen LogP contribution is -2.60. The number of hydrogen-bond donors (Lipinski definition) is 7. The predicted octanol–water partition coefficient (Wildman–Crippen LogP) is 0.324. The van der Waals surface area contributed by atoms with Gasteiger partial charge in [-0.15, -0.1) is 0 Å². The van der Waals surface area contributed by atoms with E-state index in [0.717, 1.165) is 5.56 Å². The Labute approximate surface area is 314 Å². The Morgan fingerprint density at radius 1 is 1.02 bits per heavy atom. The van der Waals surface area contributed by atoms with Crippen LogP contribution in [0, 0.1) is 5.92 Å². The molecular weight excluding hydrogens is 723 g/mol. The molecule has 0 radical (unpaired) electrons. The minimum absolute atomic E-state index is 0.0579. The minimum Gasteiger partial charge on any atom is -0.469 e. The summed E-state index contributed by atoms with van der Waals surface area (Å²) < 4.78 is 16.7. The van der Waals surface area contributed by atoms with E-state index in [1.54, 1.807) is 26.1 Å². The molecule has 16 nitrogen and oxygen atoms in total. The highest BCUT2D eigenvalue weighted by Crippen LogP contribution is 2.60. The molecule has 3 amide bonds. The second kappa shape index (κ2) is 16.9. The third-order valence-electron chi connectivity index (χ3n) is 10.7. The summed E-state index contributed by atoms with van der Waals surface area (Å²) in [6.07, 6.45) is -9.36. The van der Waals surface area contributed by atoms with Crippen LogP contribution in [0.1, 0.15) is 43.7 Å². The van der Waals surface area contributed by atoms with Gasteiger partial charge in [-0.25, -0.2) is 0 Å². The molecule has 0 unspecified atom stereocenters. The molecule has 54 heavy (non-hydrogen) atoms. The molecule has 9 atom stereocenters. The van der Waals surface area contributed by atoms with Crippen molar-refractivity contribution in [3.05, 3.63) is 59.7 Å². The quantitative estimate of drug-likeness (QED) is 0.0780. The van der Waals surface area contributed by atoms with Gasteiger partial charge in [0.25, 0.3) is 11.8 Å². The maximum Gasteiger partial charge on any atom is 0.305 e. The van der Waals surface area contributed by atoms with Crippen LogP contribution in [0.4, 0.5) is 11.4 Å². The number of nitrogens with zero attached hydrogens (tertiary/aromatic N) is 2. The lowest BCUT2D eigenvalue weighted by molar-refractivity contribution is -0.274. The number of esters is 1. The van der Waals surface area contributed by atoms with Crippen LogP contribution in [0.2, 0.25) is 18.6 Å². The largest absolute Gasteiger partial charge is 0.469 e. The van der Waals surface area contributed by atoms with Crippen LogP contribution in [0.15, 0.2) is 48.5 Å². The van der Waals surface area contributed by atoms with Crippen LogP contribution in [0.5, 0.6) is 0 Å². The van der Waals surface area contributed by atoms with Crippen molar-refractivity contribution in [2.24, 2.45) is 5.92 Å². The molecule has 3 aliphatic heterocycles. The van der Waals surface area contributed by atoms with E-state index < -0.39 is 74.0 Å². The summed E-state index contributed by atoms with van der Waals surface area (Å²) in [4.78, 5) is 68.6. The molecule has 3 heterocycles. The maximum atomic E-state index is 14.8. The number of benzene rings is 2. The zero-order valence-electron chi connectivity index (χ0n) is 30.8. The number of fused-ring (bicyclic) bond motifs is 2. The first-order chi connectivity index (χ1) is 25.5. The smallest absolute Gasteiger partial charge is 0.305 e. The Bertz CT molecular complexity index is 1680. The summed E-state index contributed by atoms with van der Waals surface area (Å²) in [5, 5.41) is 52.9. The molecule has 0 saturated carbocycles. The highest BCUT2D eigenvalue weighted by Gasteiger charge is 2.66. The van der Waals surface area contributed by atoms with Crippen molar-refractivity contribution < 1.29 is 63.7 Å². The monoisotopic (exact) mass is 773 g/mol. The fraction of sp³-hybridized carbons (Fsp3) is 0.568. The van der Waals surface area contributed by atoms with Crippen molar-refractivity contribution >= 4 is 43.4 Å². The van der Waals surface area contributed by atoms with E-state index in [-0.39, 0.29) is 56.6 Å². The number of aliphatic hydroxyl groups excluding tert-OH is 5. The van der Waals surface area contributed by atoms with Gasteiger partial charge in [0.05, 0.1) is 31.9 Å². The number of methoxy groups -OCH3 is 1. The Kier molecular flexibility index (Phi) is 13.0.